The molecule has 0 amide bonds. The summed E-state index contributed by atoms with van der Waals surface area (Å²) in [7, 11) is 0. The molecule has 0 unspecified atom stereocenters. The number of rotatable bonds is 2. The summed E-state index contributed by atoms with van der Waals surface area (Å²) in [5.74, 6) is 0. The normalized spacial score (nSPS) is 10.9. The Bertz CT molecular complexity index is 859. The molecule has 4 rings (SSSR count). The SMILES string of the molecule is c1ccc(-c2cccc(-c3cn4ccccc4n3)c2)cc1. The third-order valence-electron chi connectivity index (χ3n) is 3.63. The van der Waals surface area contributed by atoms with Gasteiger partial charge in [0, 0.05) is 18.0 Å². The van der Waals surface area contributed by atoms with E-state index in [1.807, 2.05) is 34.9 Å². The van der Waals surface area contributed by atoms with Crippen molar-refractivity contribution in [3.63, 3.8) is 0 Å². The molecule has 2 nitrogen and oxygen atoms in total. The molecule has 4 aromatic rings. The van der Waals surface area contributed by atoms with Crippen molar-refractivity contribution in [1.82, 2.24) is 9.38 Å². The highest BCUT2D eigenvalue weighted by atomic mass is 15.0. The zero-order valence-corrected chi connectivity index (χ0v) is 11.5. The molecule has 2 aromatic carbocycles. The van der Waals surface area contributed by atoms with E-state index >= 15 is 0 Å². The van der Waals surface area contributed by atoms with Crippen LogP contribution in [0.15, 0.2) is 85.2 Å². The summed E-state index contributed by atoms with van der Waals surface area (Å²) < 4.78 is 2.05. The van der Waals surface area contributed by atoms with E-state index in [0.29, 0.717) is 0 Å². The third kappa shape index (κ3) is 2.21. The van der Waals surface area contributed by atoms with Crippen LogP contribution in [0.4, 0.5) is 0 Å². The smallest absolute Gasteiger partial charge is 0.137 e. The van der Waals surface area contributed by atoms with Crippen LogP contribution < -0.4 is 0 Å². The van der Waals surface area contributed by atoms with Crippen molar-refractivity contribution in [1.29, 1.82) is 0 Å². The summed E-state index contributed by atoms with van der Waals surface area (Å²) in [5, 5.41) is 0. The Balaban J connectivity index is 1.82. The Labute approximate surface area is 123 Å². The van der Waals surface area contributed by atoms with E-state index in [1.165, 1.54) is 11.1 Å². The maximum Gasteiger partial charge on any atom is 0.137 e. The van der Waals surface area contributed by atoms with Crippen LogP contribution in [-0.4, -0.2) is 9.38 Å². The van der Waals surface area contributed by atoms with Crippen molar-refractivity contribution in [2.24, 2.45) is 0 Å². The van der Waals surface area contributed by atoms with Gasteiger partial charge in [0.05, 0.1) is 5.69 Å². The van der Waals surface area contributed by atoms with E-state index in [9.17, 15) is 0 Å². The molecule has 0 bridgehead atoms. The average Bonchev–Trinajstić information content (AvgIpc) is 3.00. The lowest BCUT2D eigenvalue weighted by molar-refractivity contribution is 1.19. The number of benzene rings is 2. The first kappa shape index (κ1) is 11.9. The van der Waals surface area contributed by atoms with E-state index in [1.54, 1.807) is 0 Å². The quantitative estimate of drug-likeness (QED) is 0.517. The molecule has 0 aliphatic rings. The van der Waals surface area contributed by atoms with Crippen molar-refractivity contribution >= 4 is 5.65 Å². The lowest BCUT2D eigenvalue weighted by Gasteiger charge is -2.03. The molecule has 0 saturated carbocycles. The largest absolute Gasteiger partial charge is 0.306 e. The van der Waals surface area contributed by atoms with Crippen LogP contribution in [0.1, 0.15) is 0 Å². The Kier molecular flexibility index (Phi) is 2.79. The molecule has 0 fully saturated rings. The van der Waals surface area contributed by atoms with Crippen molar-refractivity contribution in [2.45, 2.75) is 0 Å². The van der Waals surface area contributed by atoms with Crippen molar-refractivity contribution < 1.29 is 0 Å². The second-order valence-corrected chi connectivity index (χ2v) is 5.04. The fourth-order valence-electron chi connectivity index (χ4n) is 2.56. The minimum atomic E-state index is 0.970. The first-order valence-corrected chi connectivity index (χ1v) is 7.00. The Morgan fingerprint density at radius 2 is 1.43 bits per heavy atom. The van der Waals surface area contributed by atoms with Crippen LogP contribution in [0.3, 0.4) is 0 Å². The van der Waals surface area contributed by atoms with Crippen LogP contribution in [0, 0.1) is 0 Å². The highest BCUT2D eigenvalue weighted by Crippen LogP contribution is 2.25. The molecule has 0 aliphatic carbocycles. The summed E-state index contributed by atoms with van der Waals surface area (Å²) in [4.78, 5) is 4.68. The van der Waals surface area contributed by atoms with Gasteiger partial charge in [-0.1, -0.05) is 54.6 Å². The van der Waals surface area contributed by atoms with Gasteiger partial charge >= 0.3 is 0 Å². The van der Waals surface area contributed by atoms with E-state index in [2.05, 4.69) is 59.7 Å². The van der Waals surface area contributed by atoms with Crippen LogP contribution in [0.2, 0.25) is 0 Å². The molecule has 2 heterocycles. The second-order valence-electron chi connectivity index (χ2n) is 5.04. The van der Waals surface area contributed by atoms with Gasteiger partial charge in [-0.25, -0.2) is 4.98 Å². The molecule has 0 aliphatic heterocycles. The molecular formula is C19H14N2. The van der Waals surface area contributed by atoms with Crippen molar-refractivity contribution in [3.8, 4) is 22.4 Å². The van der Waals surface area contributed by atoms with E-state index < -0.39 is 0 Å². The number of imidazole rings is 1. The monoisotopic (exact) mass is 270 g/mol. The van der Waals surface area contributed by atoms with Gasteiger partial charge in [0.2, 0.25) is 0 Å². The number of nitrogens with zero attached hydrogens (tertiary/aromatic N) is 2. The van der Waals surface area contributed by atoms with Gasteiger partial charge < -0.3 is 4.40 Å². The van der Waals surface area contributed by atoms with Gasteiger partial charge in [-0.2, -0.15) is 0 Å². The van der Waals surface area contributed by atoms with E-state index in [0.717, 1.165) is 16.9 Å². The Morgan fingerprint density at radius 1 is 0.667 bits per heavy atom. The van der Waals surface area contributed by atoms with Crippen LogP contribution >= 0.6 is 0 Å². The van der Waals surface area contributed by atoms with Crippen molar-refractivity contribution in [3.05, 3.63) is 85.2 Å². The molecule has 0 radical (unpaired) electrons. The zero-order valence-electron chi connectivity index (χ0n) is 11.5. The fraction of sp³-hybridized carbons (Fsp3) is 0. The molecule has 2 aromatic heterocycles. The molecule has 21 heavy (non-hydrogen) atoms. The van der Waals surface area contributed by atoms with Gasteiger partial charge in [0.15, 0.2) is 0 Å². The number of fused-ring (bicyclic) bond motifs is 1. The van der Waals surface area contributed by atoms with Gasteiger partial charge in [0.25, 0.3) is 0 Å². The number of hydrogen-bond acceptors (Lipinski definition) is 1. The fourth-order valence-corrected chi connectivity index (χ4v) is 2.56. The molecule has 0 spiro atoms. The van der Waals surface area contributed by atoms with E-state index in [4.69, 9.17) is 0 Å². The molecular weight excluding hydrogens is 256 g/mol. The number of pyridine rings is 1. The Hall–Kier alpha value is -2.87. The van der Waals surface area contributed by atoms with Gasteiger partial charge in [-0.05, 0) is 29.3 Å². The first-order valence-electron chi connectivity index (χ1n) is 7.00. The summed E-state index contributed by atoms with van der Waals surface area (Å²) in [6.45, 7) is 0. The lowest BCUT2D eigenvalue weighted by atomic mass is 10.0. The summed E-state index contributed by atoms with van der Waals surface area (Å²) in [5.41, 5.74) is 5.55. The molecule has 100 valence electrons. The standard InChI is InChI=1S/C19H14N2/c1-2-7-15(8-3-1)16-9-6-10-17(13-16)18-14-21-12-5-4-11-19(21)20-18/h1-14H. The second kappa shape index (κ2) is 4.91. The summed E-state index contributed by atoms with van der Waals surface area (Å²) in [6.07, 6.45) is 4.09. The van der Waals surface area contributed by atoms with Crippen LogP contribution in [0.25, 0.3) is 28.0 Å². The lowest BCUT2D eigenvalue weighted by Crippen LogP contribution is -1.80. The molecule has 0 saturated heterocycles. The number of aromatic nitrogens is 2. The average molecular weight is 270 g/mol. The molecule has 0 N–H and O–H groups in total. The molecule has 0 atom stereocenters. The maximum absolute atomic E-state index is 4.68. The maximum atomic E-state index is 4.68. The van der Waals surface area contributed by atoms with Gasteiger partial charge in [0.1, 0.15) is 5.65 Å². The third-order valence-corrected chi connectivity index (χ3v) is 3.63. The minimum Gasteiger partial charge on any atom is -0.306 e. The predicted octanol–water partition coefficient (Wildman–Crippen LogP) is 4.67. The van der Waals surface area contributed by atoms with Gasteiger partial charge in [-0.15, -0.1) is 0 Å². The van der Waals surface area contributed by atoms with Crippen LogP contribution in [-0.2, 0) is 0 Å². The van der Waals surface area contributed by atoms with Gasteiger partial charge in [-0.3, -0.25) is 0 Å². The van der Waals surface area contributed by atoms with E-state index in [-0.39, 0.29) is 0 Å². The predicted molar refractivity (Wildman–Crippen MR) is 86.1 cm³/mol. The zero-order chi connectivity index (χ0) is 14.1. The van der Waals surface area contributed by atoms with Crippen LogP contribution in [0.5, 0.6) is 0 Å². The Morgan fingerprint density at radius 3 is 2.29 bits per heavy atom. The highest BCUT2D eigenvalue weighted by Gasteiger charge is 2.05. The number of hydrogen-bond donors (Lipinski definition) is 0. The molecule has 2 heteroatoms. The topological polar surface area (TPSA) is 17.3 Å². The minimum absolute atomic E-state index is 0.970. The first-order chi connectivity index (χ1) is 10.4. The van der Waals surface area contributed by atoms with Crippen molar-refractivity contribution in [2.75, 3.05) is 0 Å². The highest BCUT2D eigenvalue weighted by molar-refractivity contribution is 5.72. The summed E-state index contributed by atoms with van der Waals surface area (Å²) in [6, 6.07) is 25.0. The summed E-state index contributed by atoms with van der Waals surface area (Å²) >= 11 is 0.